The molecular weight excluding hydrogens is 422 g/mol. The quantitative estimate of drug-likeness (QED) is 0.497. The van der Waals surface area contributed by atoms with Crippen LogP contribution in [0.4, 0.5) is 5.69 Å². The summed E-state index contributed by atoms with van der Waals surface area (Å²) in [6, 6.07) is 11.4. The van der Waals surface area contributed by atoms with E-state index in [1.165, 1.54) is 11.8 Å². The molecule has 0 spiro atoms. The number of thioether (sulfide) groups is 1. The Bertz CT molecular complexity index is 925. The normalized spacial score (nSPS) is 17.7. The van der Waals surface area contributed by atoms with E-state index in [0.717, 1.165) is 21.3 Å². The molecule has 4 rings (SSSR count). The number of thiocarbonyl (C=S) groups is 1. The fraction of sp³-hybridized carbons (Fsp3) is 0.111. The molecule has 0 aromatic heterocycles. The number of carbonyl (C=O) groups is 1. The van der Waals surface area contributed by atoms with Gasteiger partial charge in [-0.3, -0.25) is 9.69 Å². The van der Waals surface area contributed by atoms with Gasteiger partial charge in [0.05, 0.1) is 10.6 Å². The maximum absolute atomic E-state index is 12.8. The van der Waals surface area contributed by atoms with Crippen LogP contribution in [0.25, 0.3) is 6.08 Å². The van der Waals surface area contributed by atoms with Crippen LogP contribution < -0.4 is 14.4 Å². The number of hydrogen-bond donors (Lipinski definition) is 0. The first-order valence-corrected chi connectivity index (χ1v) is 9.48. The van der Waals surface area contributed by atoms with Gasteiger partial charge in [0, 0.05) is 4.47 Å². The van der Waals surface area contributed by atoms with E-state index in [9.17, 15) is 4.79 Å². The van der Waals surface area contributed by atoms with Crippen LogP contribution >= 0.6 is 39.9 Å². The summed E-state index contributed by atoms with van der Waals surface area (Å²) in [6.45, 7) is 2.21. The van der Waals surface area contributed by atoms with E-state index < -0.39 is 0 Å². The van der Waals surface area contributed by atoms with Crippen molar-refractivity contribution in [2.24, 2.45) is 0 Å². The van der Waals surface area contributed by atoms with Crippen molar-refractivity contribution in [2.75, 3.05) is 11.7 Å². The lowest BCUT2D eigenvalue weighted by molar-refractivity contribution is -0.113. The van der Waals surface area contributed by atoms with Gasteiger partial charge >= 0.3 is 0 Å². The van der Waals surface area contributed by atoms with Crippen molar-refractivity contribution in [3.8, 4) is 11.5 Å². The molecule has 2 aliphatic heterocycles. The Balaban J connectivity index is 1.68. The third-order valence-corrected chi connectivity index (χ3v) is 5.85. The van der Waals surface area contributed by atoms with Crippen molar-refractivity contribution in [3.05, 3.63) is 56.9 Å². The number of fused-ring (bicyclic) bond motifs is 1. The topological polar surface area (TPSA) is 38.8 Å². The summed E-state index contributed by atoms with van der Waals surface area (Å²) < 4.78 is 12.1. The smallest absolute Gasteiger partial charge is 0.270 e. The first kappa shape index (κ1) is 16.6. The number of carbonyl (C=O) groups excluding carboxylic acids is 1. The zero-order valence-electron chi connectivity index (χ0n) is 13.1. The van der Waals surface area contributed by atoms with Gasteiger partial charge in [0.15, 0.2) is 15.8 Å². The maximum atomic E-state index is 12.8. The molecule has 0 aliphatic carbocycles. The van der Waals surface area contributed by atoms with Crippen molar-refractivity contribution < 1.29 is 14.3 Å². The molecule has 2 heterocycles. The number of ether oxygens (including phenoxy) is 2. The van der Waals surface area contributed by atoms with Gasteiger partial charge in [-0.1, -0.05) is 57.6 Å². The highest BCUT2D eigenvalue weighted by Crippen LogP contribution is 2.40. The van der Waals surface area contributed by atoms with Crippen molar-refractivity contribution in [1.29, 1.82) is 0 Å². The molecule has 7 heteroatoms. The van der Waals surface area contributed by atoms with E-state index in [4.69, 9.17) is 21.7 Å². The molecule has 0 atom stereocenters. The summed E-state index contributed by atoms with van der Waals surface area (Å²) in [5, 5.41) is 0. The molecule has 2 aliphatic rings. The van der Waals surface area contributed by atoms with Crippen molar-refractivity contribution in [1.82, 2.24) is 0 Å². The van der Waals surface area contributed by atoms with E-state index in [1.807, 2.05) is 49.4 Å². The molecular formula is C18H12BrNO3S2. The number of hydrogen-bond acceptors (Lipinski definition) is 5. The molecule has 1 saturated heterocycles. The fourth-order valence-corrected chi connectivity index (χ4v) is 4.30. The summed E-state index contributed by atoms with van der Waals surface area (Å²) in [6.07, 6.45) is 1.82. The first-order valence-electron chi connectivity index (χ1n) is 7.47. The van der Waals surface area contributed by atoms with Crippen LogP contribution in [0.1, 0.15) is 11.1 Å². The van der Waals surface area contributed by atoms with Crippen molar-refractivity contribution in [3.63, 3.8) is 0 Å². The summed E-state index contributed by atoms with van der Waals surface area (Å²) in [5.41, 5.74) is 2.75. The number of rotatable bonds is 2. The molecule has 25 heavy (non-hydrogen) atoms. The van der Waals surface area contributed by atoms with Gasteiger partial charge in [-0.05, 0) is 42.8 Å². The van der Waals surface area contributed by atoms with Crippen molar-refractivity contribution in [2.45, 2.75) is 6.92 Å². The van der Waals surface area contributed by atoms with Gasteiger partial charge in [0.25, 0.3) is 5.91 Å². The van der Waals surface area contributed by atoms with E-state index in [2.05, 4.69) is 15.9 Å². The SMILES string of the molecule is Cc1ccc(N2C(=O)/C(=C\c3cc4c(cc3Br)OCO4)SC2=S)cc1. The van der Waals surface area contributed by atoms with Gasteiger partial charge in [-0.2, -0.15) is 0 Å². The van der Waals surface area contributed by atoms with E-state index >= 15 is 0 Å². The van der Waals surface area contributed by atoms with Crippen LogP contribution in [0.2, 0.25) is 0 Å². The van der Waals surface area contributed by atoms with E-state index in [0.29, 0.717) is 20.7 Å². The molecule has 4 nitrogen and oxygen atoms in total. The lowest BCUT2D eigenvalue weighted by Gasteiger charge is -2.14. The lowest BCUT2D eigenvalue weighted by Crippen LogP contribution is -2.27. The largest absolute Gasteiger partial charge is 0.454 e. The Labute approximate surface area is 162 Å². The second kappa shape index (κ2) is 6.48. The summed E-state index contributed by atoms with van der Waals surface area (Å²) >= 11 is 10.2. The summed E-state index contributed by atoms with van der Waals surface area (Å²) in [5.74, 6) is 1.24. The van der Waals surface area contributed by atoms with Gasteiger partial charge in [-0.15, -0.1) is 0 Å². The van der Waals surface area contributed by atoms with Gasteiger partial charge in [-0.25, -0.2) is 0 Å². The monoisotopic (exact) mass is 433 g/mol. The first-order chi connectivity index (χ1) is 12.0. The lowest BCUT2D eigenvalue weighted by atomic mass is 10.1. The summed E-state index contributed by atoms with van der Waals surface area (Å²) in [7, 11) is 0. The number of nitrogens with zero attached hydrogens (tertiary/aromatic N) is 1. The van der Waals surface area contributed by atoms with Gasteiger partial charge in [0.1, 0.15) is 0 Å². The fourth-order valence-electron chi connectivity index (χ4n) is 2.57. The molecule has 0 bridgehead atoms. The number of anilines is 1. The average molecular weight is 434 g/mol. The number of aryl methyl sites for hydroxylation is 1. The molecule has 2 aromatic carbocycles. The van der Waals surface area contributed by atoms with Gasteiger partial charge in [0.2, 0.25) is 6.79 Å². The molecule has 1 amide bonds. The molecule has 0 unspecified atom stereocenters. The number of benzene rings is 2. The molecule has 0 radical (unpaired) electrons. The maximum Gasteiger partial charge on any atom is 0.270 e. The minimum Gasteiger partial charge on any atom is -0.454 e. The predicted molar refractivity (Wildman–Crippen MR) is 107 cm³/mol. The van der Waals surface area contributed by atoms with E-state index in [1.54, 1.807) is 4.90 Å². The highest BCUT2D eigenvalue weighted by Gasteiger charge is 2.33. The molecule has 1 fully saturated rings. The van der Waals surface area contributed by atoms with Crippen LogP contribution in [-0.4, -0.2) is 17.0 Å². The molecule has 0 N–H and O–H groups in total. The second-order valence-corrected chi connectivity index (χ2v) is 8.11. The van der Waals surface area contributed by atoms with Crippen LogP contribution in [-0.2, 0) is 4.79 Å². The number of halogens is 1. The minimum absolute atomic E-state index is 0.122. The van der Waals surface area contributed by atoms with Crippen LogP contribution in [0.15, 0.2) is 45.8 Å². The van der Waals surface area contributed by atoms with Crippen LogP contribution in [0.3, 0.4) is 0 Å². The Morgan fingerprint density at radius 3 is 2.60 bits per heavy atom. The minimum atomic E-state index is -0.122. The highest BCUT2D eigenvalue weighted by atomic mass is 79.9. The Kier molecular flexibility index (Phi) is 4.31. The van der Waals surface area contributed by atoms with Crippen molar-refractivity contribution >= 4 is 61.9 Å². The average Bonchev–Trinajstić information content (AvgIpc) is 3.13. The van der Waals surface area contributed by atoms with E-state index in [-0.39, 0.29) is 12.7 Å². The van der Waals surface area contributed by atoms with Gasteiger partial charge < -0.3 is 9.47 Å². The van der Waals surface area contributed by atoms with Crippen LogP contribution in [0, 0.1) is 6.92 Å². The third-order valence-electron chi connectivity index (χ3n) is 3.86. The molecule has 2 aromatic rings. The number of amides is 1. The Hall–Kier alpha value is -1.83. The van der Waals surface area contributed by atoms with Crippen LogP contribution in [0.5, 0.6) is 11.5 Å². The molecule has 0 saturated carbocycles. The zero-order valence-corrected chi connectivity index (χ0v) is 16.3. The standard InChI is InChI=1S/C18H12BrNO3S2/c1-10-2-4-12(5-3-10)20-17(21)16(25-18(20)24)7-11-6-14-15(8-13(11)19)23-9-22-14/h2-8H,9H2,1H3/b16-7+. The zero-order chi connectivity index (χ0) is 17.6. The third kappa shape index (κ3) is 3.07. The summed E-state index contributed by atoms with van der Waals surface area (Å²) in [4.78, 5) is 15.0. The predicted octanol–water partition coefficient (Wildman–Crippen LogP) is 4.89. The second-order valence-electron chi connectivity index (χ2n) is 5.58. The Morgan fingerprint density at radius 1 is 1.20 bits per heavy atom. The molecule has 126 valence electrons. The Morgan fingerprint density at radius 2 is 1.88 bits per heavy atom. The highest BCUT2D eigenvalue weighted by molar-refractivity contribution is 9.10.